The Bertz CT molecular complexity index is 510. The number of nitrogens with one attached hydrogen (secondary N) is 1. The minimum atomic E-state index is 0.0528. The maximum Gasteiger partial charge on any atom is 0.201 e. The molecule has 4 aliphatic rings. The molecule has 0 aliphatic heterocycles. The lowest BCUT2D eigenvalue weighted by molar-refractivity contribution is -0.00550. The summed E-state index contributed by atoms with van der Waals surface area (Å²) in [4.78, 5) is 0. The molecule has 19 heavy (non-hydrogen) atoms. The highest BCUT2D eigenvalue weighted by atomic mass is 16.3. The molecule has 0 unspecified atom stereocenters. The molecular weight excluding hydrogens is 238 g/mol. The van der Waals surface area contributed by atoms with Gasteiger partial charge in [-0.25, -0.2) is 0 Å². The molecule has 0 aromatic carbocycles. The molecule has 0 atom stereocenters. The maximum absolute atomic E-state index is 7.78. The van der Waals surface area contributed by atoms with E-state index in [0.29, 0.717) is 11.4 Å². The van der Waals surface area contributed by atoms with E-state index in [4.69, 9.17) is 21.3 Å². The predicted molar refractivity (Wildman–Crippen MR) is 74.0 cm³/mol. The average Bonchev–Trinajstić information content (AvgIpc) is 2.70. The van der Waals surface area contributed by atoms with Gasteiger partial charge in [-0.2, -0.15) is 0 Å². The van der Waals surface area contributed by atoms with E-state index >= 15 is 0 Å². The Kier molecular flexibility index (Phi) is 2.13. The van der Waals surface area contributed by atoms with Crippen molar-refractivity contribution in [2.24, 2.45) is 23.5 Å². The summed E-state index contributed by atoms with van der Waals surface area (Å²) >= 11 is 0. The van der Waals surface area contributed by atoms with Gasteiger partial charge in [0.05, 0.1) is 11.8 Å². The second-order valence-electron chi connectivity index (χ2n) is 7.00. The van der Waals surface area contributed by atoms with Gasteiger partial charge in [0.25, 0.3) is 0 Å². The number of hydrogen-bond acceptors (Lipinski definition) is 3. The molecule has 0 saturated heterocycles. The van der Waals surface area contributed by atoms with Gasteiger partial charge in [-0.05, 0) is 56.3 Å². The van der Waals surface area contributed by atoms with E-state index in [0.717, 1.165) is 23.3 Å². The Hall–Kier alpha value is -1.45. The van der Waals surface area contributed by atoms with Crippen LogP contribution in [0.4, 0.5) is 5.88 Å². The predicted octanol–water partition coefficient (Wildman–Crippen LogP) is 2.61. The number of nitrogen functional groups attached to an aromatic ring is 2. The van der Waals surface area contributed by atoms with Crippen molar-refractivity contribution < 1.29 is 4.42 Å². The van der Waals surface area contributed by atoms with Gasteiger partial charge in [0, 0.05) is 11.0 Å². The van der Waals surface area contributed by atoms with Crippen LogP contribution in [0.5, 0.6) is 0 Å². The smallest absolute Gasteiger partial charge is 0.201 e. The summed E-state index contributed by atoms with van der Waals surface area (Å²) in [5.74, 6) is 2.96. The van der Waals surface area contributed by atoms with Crippen LogP contribution >= 0.6 is 0 Å². The number of amidine groups is 1. The topological polar surface area (TPSA) is 89.0 Å². The third-order valence-corrected chi connectivity index (χ3v) is 5.70. The van der Waals surface area contributed by atoms with Crippen LogP contribution < -0.4 is 11.5 Å². The van der Waals surface area contributed by atoms with Crippen molar-refractivity contribution >= 4 is 11.7 Å². The summed E-state index contributed by atoms with van der Waals surface area (Å²) in [6.07, 6.45) is 9.69. The Labute approximate surface area is 113 Å². The first-order valence-electron chi connectivity index (χ1n) is 7.29. The van der Waals surface area contributed by atoms with Gasteiger partial charge >= 0.3 is 0 Å². The molecule has 4 nitrogen and oxygen atoms in total. The number of nitrogens with two attached hydrogens (primary N) is 2. The SMILES string of the molecule is N=C(N)c1c(C23CC4CC(CC(C4)C2)C3)coc1N. The fourth-order valence-electron chi connectivity index (χ4n) is 5.48. The Morgan fingerprint density at radius 3 is 2.16 bits per heavy atom. The molecule has 1 aromatic heterocycles. The van der Waals surface area contributed by atoms with Gasteiger partial charge in [0.1, 0.15) is 5.84 Å². The number of hydrogen-bond donors (Lipinski definition) is 3. The molecule has 0 spiro atoms. The van der Waals surface area contributed by atoms with E-state index in [9.17, 15) is 0 Å². The summed E-state index contributed by atoms with van der Waals surface area (Å²) in [7, 11) is 0. The maximum atomic E-state index is 7.78. The molecule has 4 saturated carbocycles. The van der Waals surface area contributed by atoms with Crippen LogP contribution in [0.2, 0.25) is 0 Å². The van der Waals surface area contributed by atoms with Crippen LogP contribution in [0.15, 0.2) is 10.7 Å². The van der Waals surface area contributed by atoms with Gasteiger partial charge in [-0.15, -0.1) is 0 Å². The van der Waals surface area contributed by atoms with Crippen molar-refractivity contribution in [1.82, 2.24) is 0 Å². The van der Waals surface area contributed by atoms with E-state index in [1.807, 2.05) is 0 Å². The summed E-state index contributed by atoms with van der Waals surface area (Å²) in [6.45, 7) is 0. The van der Waals surface area contributed by atoms with Gasteiger partial charge in [0.15, 0.2) is 0 Å². The van der Waals surface area contributed by atoms with Crippen molar-refractivity contribution in [2.45, 2.75) is 43.9 Å². The summed E-state index contributed by atoms with van der Waals surface area (Å²) in [6, 6.07) is 0. The fraction of sp³-hybridized carbons (Fsp3) is 0.667. The molecule has 4 fully saturated rings. The third-order valence-electron chi connectivity index (χ3n) is 5.70. The normalized spacial score (nSPS) is 39.7. The zero-order valence-electron chi connectivity index (χ0n) is 11.1. The standard InChI is InChI=1S/C15H21N3O/c16-13(17)12-11(7-19-14(12)18)15-4-8-1-9(5-15)3-10(2-8)6-15/h7-10H,1-6,18H2,(H3,16,17). The van der Waals surface area contributed by atoms with Gasteiger partial charge in [0.2, 0.25) is 5.88 Å². The molecule has 5 N–H and O–H groups in total. The molecule has 0 amide bonds. The zero-order valence-corrected chi connectivity index (χ0v) is 11.1. The van der Waals surface area contributed by atoms with E-state index in [1.54, 1.807) is 6.26 Å². The van der Waals surface area contributed by atoms with E-state index in [-0.39, 0.29) is 11.3 Å². The van der Waals surface area contributed by atoms with E-state index < -0.39 is 0 Å². The first-order valence-corrected chi connectivity index (χ1v) is 7.29. The van der Waals surface area contributed by atoms with Crippen LogP contribution in [0.3, 0.4) is 0 Å². The first kappa shape index (κ1) is 11.4. The quantitative estimate of drug-likeness (QED) is 0.563. The fourth-order valence-corrected chi connectivity index (χ4v) is 5.48. The van der Waals surface area contributed by atoms with Crippen molar-refractivity contribution in [1.29, 1.82) is 5.41 Å². The Balaban J connectivity index is 1.82. The third kappa shape index (κ3) is 1.49. The number of anilines is 1. The molecule has 4 aliphatic carbocycles. The summed E-state index contributed by atoms with van der Waals surface area (Å²) < 4.78 is 5.40. The molecule has 4 heteroatoms. The van der Waals surface area contributed by atoms with Crippen LogP contribution in [-0.4, -0.2) is 5.84 Å². The lowest BCUT2D eigenvalue weighted by Crippen LogP contribution is -2.49. The molecule has 1 aromatic rings. The van der Waals surface area contributed by atoms with Gasteiger partial charge in [-0.1, -0.05) is 0 Å². The Morgan fingerprint density at radius 2 is 1.68 bits per heavy atom. The number of rotatable bonds is 2. The largest absolute Gasteiger partial charge is 0.448 e. The monoisotopic (exact) mass is 259 g/mol. The molecule has 4 bridgehead atoms. The highest BCUT2D eigenvalue weighted by Gasteiger charge is 2.53. The molecule has 1 heterocycles. The van der Waals surface area contributed by atoms with Crippen LogP contribution in [0.25, 0.3) is 0 Å². The average molecular weight is 259 g/mol. The zero-order chi connectivity index (χ0) is 13.2. The van der Waals surface area contributed by atoms with Crippen molar-refractivity contribution in [3.63, 3.8) is 0 Å². The minimum Gasteiger partial charge on any atom is -0.448 e. The highest BCUT2D eigenvalue weighted by Crippen LogP contribution is 2.61. The second kappa shape index (κ2) is 3.56. The first-order chi connectivity index (χ1) is 9.07. The second-order valence-corrected chi connectivity index (χ2v) is 7.00. The molecule has 5 rings (SSSR count). The van der Waals surface area contributed by atoms with Crippen molar-refractivity contribution in [3.05, 3.63) is 17.4 Å². The number of furan rings is 1. The minimum absolute atomic E-state index is 0.0528. The summed E-state index contributed by atoms with van der Waals surface area (Å²) in [5.41, 5.74) is 13.6. The lowest BCUT2D eigenvalue weighted by atomic mass is 9.48. The van der Waals surface area contributed by atoms with Crippen molar-refractivity contribution in [3.8, 4) is 0 Å². The molecular formula is C15H21N3O. The highest BCUT2D eigenvalue weighted by molar-refractivity contribution is 6.00. The van der Waals surface area contributed by atoms with E-state index in [2.05, 4.69) is 0 Å². The van der Waals surface area contributed by atoms with Crippen LogP contribution in [0, 0.1) is 23.2 Å². The van der Waals surface area contributed by atoms with Gasteiger partial charge in [-0.3, -0.25) is 5.41 Å². The van der Waals surface area contributed by atoms with Crippen LogP contribution in [0.1, 0.15) is 49.7 Å². The van der Waals surface area contributed by atoms with E-state index in [1.165, 1.54) is 38.5 Å². The van der Waals surface area contributed by atoms with Crippen LogP contribution in [-0.2, 0) is 5.41 Å². The molecule has 102 valence electrons. The lowest BCUT2D eigenvalue weighted by Gasteiger charge is -2.56. The van der Waals surface area contributed by atoms with Gasteiger partial charge < -0.3 is 15.9 Å². The summed E-state index contributed by atoms with van der Waals surface area (Å²) in [5, 5.41) is 7.78. The molecule has 0 radical (unpaired) electrons. The Morgan fingerprint density at radius 1 is 1.16 bits per heavy atom. The van der Waals surface area contributed by atoms with Crippen molar-refractivity contribution in [2.75, 3.05) is 5.73 Å².